The van der Waals surface area contributed by atoms with E-state index in [9.17, 15) is 14.0 Å². The van der Waals surface area contributed by atoms with Gasteiger partial charge in [-0.05, 0) is 54.6 Å². The summed E-state index contributed by atoms with van der Waals surface area (Å²) in [5, 5.41) is 1.29. The van der Waals surface area contributed by atoms with E-state index in [1.54, 1.807) is 35.4 Å². The second-order valence-electron chi connectivity index (χ2n) is 8.03. The molecule has 160 valence electrons. The summed E-state index contributed by atoms with van der Waals surface area (Å²) in [4.78, 5) is 26.3. The first-order valence-electron chi connectivity index (χ1n) is 10.5. The summed E-state index contributed by atoms with van der Waals surface area (Å²) in [6.45, 7) is 2.02. The van der Waals surface area contributed by atoms with Crippen LogP contribution in [0.4, 0.5) is 10.1 Å². The Hall–Kier alpha value is -3.19. The average Bonchev–Trinajstić information content (AvgIpc) is 3.44. The highest BCUT2D eigenvalue weighted by Gasteiger charge is 2.22. The Kier molecular flexibility index (Phi) is 5.19. The van der Waals surface area contributed by atoms with Crippen LogP contribution >= 0.6 is 0 Å². The van der Waals surface area contributed by atoms with Crippen molar-refractivity contribution >= 4 is 22.2 Å². The molecule has 0 saturated carbocycles. The highest BCUT2D eigenvalue weighted by atomic mass is 19.1. The molecule has 2 saturated heterocycles. The molecular formula is C24H23FN2O4. The minimum atomic E-state index is -0.447. The molecule has 1 unspecified atom stereocenters. The van der Waals surface area contributed by atoms with Crippen molar-refractivity contribution in [3.63, 3.8) is 0 Å². The fourth-order valence-corrected chi connectivity index (χ4v) is 4.22. The van der Waals surface area contributed by atoms with E-state index < -0.39 is 5.82 Å². The molecule has 0 spiro atoms. The zero-order valence-electron chi connectivity index (χ0n) is 17.1. The first-order chi connectivity index (χ1) is 15.1. The Morgan fingerprint density at radius 2 is 2.03 bits per heavy atom. The van der Waals surface area contributed by atoms with Gasteiger partial charge in [0.05, 0.1) is 24.0 Å². The number of anilines is 1. The minimum absolute atomic E-state index is 0.105. The van der Waals surface area contributed by atoms with Crippen LogP contribution in [0.2, 0.25) is 0 Å². The van der Waals surface area contributed by atoms with E-state index in [4.69, 9.17) is 9.47 Å². The van der Waals surface area contributed by atoms with E-state index in [-0.39, 0.29) is 24.0 Å². The Morgan fingerprint density at radius 3 is 2.77 bits per heavy atom. The van der Waals surface area contributed by atoms with Crippen LogP contribution in [0.5, 0.6) is 5.75 Å². The number of hydrogen-bond acceptors (Lipinski definition) is 5. The SMILES string of the molecule is O=C1CCN(c2ccc(-n3ccc4cc(OCC5CCCO5)ccc4c3=O)cc2F)C1. The van der Waals surface area contributed by atoms with E-state index in [2.05, 4.69) is 0 Å². The number of Topliss-reactive ketones (excluding diaryl/α,β-unsaturated/α-hetero) is 1. The van der Waals surface area contributed by atoms with Crippen LogP contribution < -0.4 is 15.2 Å². The molecule has 3 aromatic rings. The Bertz CT molecular complexity index is 1200. The number of carbonyl (C=O) groups is 1. The maximum absolute atomic E-state index is 14.7. The lowest BCUT2D eigenvalue weighted by Gasteiger charge is -2.18. The van der Waals surface area contributed by atoms with Gasteiger partial charge in [0.15, 0.2) is 5.78 Å². The third kappa shape index (κ3) is 3.93. The van der Waals surface area contributed by atoms with Crippen molar-refractivity contribution < 1.29 is 18.7 Å². The van der Waals surface area contributed by atoms with Gasteiger partial charge in [0.25, 0.3) is 5.56 Å². The summed E-state index contributed by atoms with van der Waals surface area (Å²) in [7, 11) is 0. The molecule has 6 nitrogen and oxygen atoms in total. The molecule has 2 aliphatic heterocycles. The number of benzene rings is 2. The number of carbonyl (C=O) groups excluding carboxylic acids is 1. The summed E-state index contributed by atoms with van der Waals surface area (Å²) < 4.78 is 27.6. The molecule has 1 aromatic heterocycles. The van der Waals surface area contributed by atoms with Gasteiger partial charge in [-0.25, -0.2) is 4.39 Å². The third-order valence-electron chi connectivity index (χ3n) is 5.91. The molecule has 0 aliphatic carbocycles. The number of rotatable bonds is 5. The van der Waals surface area contributed by atoms with Gasteiger partial charge < -0.3 is 14.4 Å². The second kappa shape index (κ2) is 8.15. The number of hydrogen-bond donors (Lipinski definition) is 0. The average molecular weight is 422 g/mol. The number of ketones is 1. The van der Waals surface area contributed by atoms with E-state index in [1.807, 2.05) is 12.1 Å². The van der Waals surface area contributed by atoms with Crippen molar-refractivity contribution in [2.24, 2.45) is 0 Å². The topological polar surface area (TPSA) is 60.8 Å². The highest BCUT2D eigenvalue weighted by Crippen LogP contribution is 2.25. The summed E-state index contributed by atoms with van der Waals surface area (Å²) >= 11 is 0. The highest BCUT2D eigenvalue weighted by molar-refractivity contribution is 5.87. The number of nitrogens with zero attached hydrogens (tertiary/aromatic N) is 2. The van der Waals surface area contributed by atoms with Gasteiger partial charge in [-0.1, -0.05) is 0 Å². The van der Waals surface area contributed by atoms with Gasteiger partial charge in [0, 0.05) is 37.2 Å². The Labute approximate surface area is 178 Å². The van der Waals surface area contributed by atoms with Crippen LogP contribution in [-0.2, 0) is 9.53 Å². The fourth-order valence-electron chi connectivity index (χ4n) is 4.22. The van der Waals surface area contributed by atoms with Crippen molar-refractivity contribution in [1.29, 1.82) is 0 Å². The van der Waals surface area contributed by atoms with Gasteiger partial charge in [0.1, 0.15) is 18.2 Å². The third-order valence-corrected chi connectivity index (χ3v) is 5.91. The fraction of sp³-hybridized carbons (Fsp3) is 0.333. The summed E-state index contributed by atoms with van der Waals surface area (Å²) in [6.07, 6.45) is 4.26. The molecule has 2 aliphatic rings. The number of pyridine rings is 1. The number of ether oxygens (including phenoxy) is 2. The smallest absolute Gasteiger partial charge is 0.262 e. The maximum atomic E-state index is 14.7. The van der Waals surface area contributed by atoms with Crippen molar-refractivity contribution in [2.75, 3.05) is 31.2 Å². The van der Waals surface area contributed by atoms with Gasteiger partial charge in [0.2, 0.25) is 0 Å². The first-order valence-corrected chi connectivity index (χ1v) is 10.5. The molecule has 2 aromatic carbocycles. The van der Waals surface area contributed by atoms with Gasteiger partial charge in [-0.3, -0.25) is 14.2 Å². The van der Waals surface area contributed by atoms with E-state index in [1.165, 1.54) is 10.6 Å². The van der Waals surface area contributed by atoms with E-state index in [0.29, 0.717) is 42.1 Å². The van der Waals surface area contributed by atoms with Crippen molar-refractivity contribution in [2.45, 2.75) is 25.4 Å². The first kappa shape index (κ1) is 19.8. The maximum Gasteiger partial charge on any atom is 0.262 e. The summed E-state index contributed by atoms with van der Waals surface area (Å²) in [5.41, 5.74) is 0.598. The zero-order chi connectivity index (χ0) is 21.4. The van der Waals surface area contributed by atoms with Gasteiger partial charge in [-0.2, -0.15) is 0 Å². The molecule has 0 radical (unpaired) electrons. The predicted molar refractivity (Wildman–Crippen MR) is 116 cm³/mol. The standard InChI is InChI=1S/C24H23FN2O4/c25-22-13-17(3-6-23(22)26-9-8-18(28)14-26)27-10-7-16-12-19(4-5-21(16)24(27)29)31-15-20-2-1-11-30-20/h3-7,10,12-13,20H,1-2,8-9,11,14-15H2. The van der Waals surface area contributed by atoms with E-state index in [0.717, 1.165) is 24.8 Å². The van der Waals surface area contributed by atoms with Crippen LogP contribution in [0.15, 0.2) is 53.5 Å². The number of fused-ring (bicyclic) bond motifs is 1. The number of aromatic nitrogens is 1. The van der Waals surface area contributed by atoms with Crippen LogP contribution in [0.3, 0.4) is 0 Å². The quantitative estimate of drug-likeness (QED) is 0.630. The summed E-state index contributed by atoms with van der Waals surface area (Å²) in [6, 6.07) is 11.8. The molecule has 5 rings (SSSR count). The minimum Gasteiger partial charge on any atom is -0.491 e. The largest absolute Gasteiger partial charge is 0.491 e. The lowest BCUT2D eigenvalue weighted by atomic mass is 10.1. The molecule has 3 heterocycles. The molecule has 7 heteroatoms. The van der Waals surface area contributed by atoms with Crippen molar-refractivity contribution in [1.82, 2.24) is 4.57 Å². The lowest BCUT2D eigenvalue weighted by Crippen LogP contribution is -2.22. The molecule has 1 atom stereocenters. The lowest BCUT2D eigenvalue weighted by molar-refractivity contribution is -0.116. The normalized spacial score (nSPS) is 18.8. The van der Waals surface area contributed by atoms with Crippen molar-refractivity contribution in [3.05, 3.63) is 64.8 Å². The molecule has 0 amide bonds. The molecule has 2 fully saturated rings. The molecule has 0 N–H and O–H groups in total. The predicted octanol–water partition coefficient (Wildman–Crippen LogP) is 3.47. The van der Waals surface area contributed by atoms with Crippen LogP contribution in [-0.4, -0.2) is 42.8 Å². The van der Waals surface area contributed by atoms with Crippen molar-refractivity contribution in [3.8, 4) is 11.4 Å². The Morgan fingerprint density at radius 1 is 1.13 bits per heavy atom. The second-order valence-corrected chi connectivity index (χ2v) is 8.03. The van der Waals surface area contributed by atoms with E-state index >= 15 is 0 Å². The van der Waals surface area contributed by atoms with Gasteiger partial charge >= 0.3 is 0 Å². The Balaban J connectivity index is 1.40. The van der Waals surface area contributed by atoms with Crippen LogP contribution in [0, 0.1) is 5.82 Å². The van der Waals surface area contributed by atoms with Crippen LogP contribution in [0.1, 0.15) is 19.3 Å². The zero-order valence-corrected chi connectivity index (χ0v) is 17.1. The van der Waals surface area contributed by atoms with Crippen LogP contribution in [0.25, 0.3) is 16.5 Å². The van der Waals surface area contributed by atoms with Gasteiger partial charge in [-0.15, -0.1) is 0 Å². The molecule has 0 bridgehead atoms. The molecular weight excluding hydrogens is 399 g/mol. The monoisotopic (exact) mass is 422 g/mol. The molecule has 31 heavy (non-hydrogen) atoms. The summed E-state index contributed by atoms with van der Waals surface area (Å²) in [5.74, 6) is 0.348. The number of halogens is 1.